The van der Waals surface area contributed by atoms with Gasteiger partial charge in [-0.2, -0.15) is 0 Å². The second-order valence-electron chi connectivity index (χ2n) is 11.7. The molecule has 0 radical (unpaired) electrons. The highest BCUT2D eigenvalue weighted by Crippen LogP contribution is 2.64. The molecule has 42 heavy (non-hydrogen) atoms. The summed E-state index contributed by atoms with van der Waals surface area (Å²) < 4.78 is 6.78. The molecule has 2 bridgehead atoms. The molecule has 6 atom stereocenters. The Morgan fingerprint density at radius 2 is 1.76 bits per heavy atom. The number of carbonyl (C=O) groups is 3. The molecule has 1 spiro atoms. The van der Waals surface area contributed by atoms with Crippen molar-refractivity contribution in [2.75, 3.05) is 24.6 Å². The minimum Gasteiger partial charge on any atom is -0.394 e. The Morgan fingerprint density at radius 1 is 1.10 bits per heavy atom. The number of rotatable bonds is 11. The van der Waals surface area contributed by atoms with Gasteiger partial charge in [-0.1, -0.05) is 66.2 Å². The Kier molecular flexibility index (Phi) is 8.34. The molecular weight excluding hydrogens is 554 g/mol. The molecule has 0 aromatic heterocycles. The first kappa shape index (κ1) is 30.0. The molecule has 2 unspecified atom stereocenters. The van der Waals surface area contributed by atoms with Crippen molar-refractivity contribution in [3.63, 3.8) is 0 Å². The van der Waals surface area contributed by atoms with Gasteiger partial charge in [-0.3, -0.25) is 14.4 Å². The second kappa shape index (κ2) is 11.7. The lowest BCUT2D eigenvalue weighted by molar-refractivity contribution is -0.152. The van der Waals surface area contributed by atoms with Crippen molar-refractivity contribution in [2.24, 2.45) is 11.8 Å². The molecule has 1 N–H and O–H groups in total. The van der Waals surface area contributed by atoms with E-state index in [1.807, 2.05) is 37.3 Å². The number of ether oxygens (including phenoxy) is 1. The van der Waals surface area contributed by atoms with Crippen LogP contribution in [0, 0.1) is 11.8 Å². The summed E-state index contributed by atoms with van der Waals surface area (Å²) in [4.78, 5) is 48.0. The molecule has 3 fully saturated rings. The van der Waals surface area contributed by atoms with E-state index in [4.69, 9.17) is 16.3 Å². The van der Waals surface area contributed by atoms with Crippen molar-refractivity contribution < 1.29 is 24.2 Å². The Balaban J connectivity index is 1.58. The van der Waals surface area contributed by atoms with E-state index in [1.165, 1.54) is 9.80 Å². The molecule has 3 aliphatic rings. The normalized spacial score (nSPS) is 28.3. The van der Waals surface area contributed by atoms with E-state index in [1.54, 1.807) is 48.2 Å². The second-order valence-corrected chi connectivity index (χ2v) is 12.1. The summed E-state index contributed by atoms with van der Waals surface area (Å²) in [5, 5.41) is 10.6. The van der Waals surface area contributed by atoms with Gasteiger partial charge in [0.2, 0.25) is 11.8 Å². The first-order valence-electron chi connectivity index (χ1n) is 14.4. The topological polar surface area (TPSA) is 90.4 Å². The number of fused-ring (bicyclic) bond motifs is 1. The summed E-state index contributed by atoms with van der Waals surface area (Å²) in [6, 6.07) is 14.9. The van der Waals surface area contributed by atoms with Crippen molar-refractivity contribution in [1.29, 1.82) is 0 Å². The van der Waals surface area contributed by atoms with Crippen molar-refractivity contribution in [3.8, 4) is 0 Å². The molecule has 5 rings (SSSR count). The maximum atomic E-state index is 14.6. The lowest BCUT2D eigenvalue weighted by Gasteiger charge is -2.38. The molecule has 3 amide bonds. The van der Waals surface area contributed by atoms with Crippen LogP contribution >= 0.6 is 11.6 Å². The van der Waals surface area contributed by atoms with Gasteiger partial charge >= 0.3 is 0 Å². The first-order chi connectivity index (χ1) is 20.1. The van der Waals surface area contributed by atoms with E-state index in [2.05, 4.69) is 13.2 Å². The summed E-state index contributed by atoms with van der Waals surface area (Å²) in [6.07, 6.45) is 4.22. The van der Waals surface area contributed by atoms with E-state index in [-0.39, 0.29) is 30.9 Å². The molecule has 3 heterocycles. The highest BCUT2D eigenvalue weighted by molar-refractivity contribution is 6.34. The van der Waals surface area contributed by atoms with Gasteiger partial charge in [0.25, 0.3) is 5.91 Å². The number of amides is 3. The first-order valence-corrected chi connectivity index (χ1v) is 14.7. The molecular formula is C33H38ClN3O5. The van der Waals surface area contributed by atoms with Crippen LogP contribution < -0.4 is 4.90 Å². The van der Waals surface area contributed by atoms with Gasteiger partial charge in [0.1, 0.15) is 11.6 Å². The number of aliphatic hydroxyl groups excluding tert-OH is 1. The van der Waals surface area contributed by atoms with Gasteiger partial charge in [0.15, 0.2) is 0 Å². The highest BCUT2D eigenvalue weighted by atomic mass is 35.5. The largest absolute Gasteiger partial charge is 0.394 e. The summed E-state index contributed by atoms with van der Waals surface area (Å²) in [5.74, 6) is -2.63. The van der Waals surface area contributed by atoms with Crippen LogP contribution in [0.5, 0.6) is 0 Å². The third-order valence-corrected chi connectivity index (χ3v) is 9.37. The van der Waals surface area contributed by atoms with Crippen LogP contribution in [0.2, 0.25) is 5.02 Å². The molecule has 222 valence electrons. The number of benzene rings is 2. The molecule has 3 aliphatic heterocycles. The zero-order chi connectivity index (χ0) is 30.2. The molecule has 8 nitrogen and oxygen atoms in total. The van der Waals surface area contributed by atoms with E-state index in [9.17, 15) is 19.5 Å². The van der Waals surface area contributed by atoms with E-state index >= 15 is 0 Å². The van der Waals surface area contributed by atoms with Gasteiger partial charge in [-0.15, -0.1) is 13.2 Å². The predicted molar refractivity (Wildman–Crippen MR) is 162 cm³/mol. The van der Waals surface area contributed by atoms with E-state index in [0.29, 0.717) is 36.6 Å². The monoisotopic (exact) mass is 591 g/mol. The van der Waals surface area contributed by atoms with Gasteiger partial charge in [-0.25, -0.2) is 0 Å². The third-order valence-electron chi connectivity index (χ3n) is 9.05. The number of carbonyl (C=O) groups excluding carboxylic acids is 3. The summed E-state index contributed by atoms with van der Waals surface area (Å²) >= 11 is 6.53. The van der Waals surface area contributed by atoms with Gasteiger partial charge in [0.05, 0.1) is 40.8 Å². The van der Waals surface area contributed by atoms with Crippen LogP contribution in [0.1, 0.15) is 32.3 Å². The minimum absolute atomic E-state index is 0.152. The van der Waals surface area contributed by atoms with E-state index < -0.39 is 35.1 Å². The van der Waals surface area contributed by atoms with Gasteiger partial charge < -0.3 is 24.5 Å². The number of hydrogen-bond donors (Lipinski definition) is 1. The Bertz CT molecular complexity index is 1380. The standard InChI is InChI=1S/C33H38ClN3O5/c1-5-18-35(20-23-12-8-7-9-13-23)29(39)26-27-30(40)37(22(3)21-38)28(33(27)17-16-32(26,4)42-33)31(41)36(19-6-2)25-15-11-10-14-24(25)34/h5-15,22,26-28,38H,1-2,16-21H2,3-4H3/t22-,26-,27+,28?,32+,33?/m1/s1. The molecule has 2 aromatic rings. The van der Waals surface area contributed by atoms with Gasteiger partial charge in [-0.05, 0) is 44.4 Å². The number of likely N-dealkylation sites (tertiary alicyclic amines) is 1. The lowest BCUT2D eigenvalue weighted by Crippen LogP contribution is -2.58. The number of halogens is 1. The lowest BCUT2D eigenvalue weighted by atomic mass is 9.66. The maximum Gasteiger partial charge on any atom is 0.253 e. The quantitative estimate of drug-likeness (QED) is 0.395. The minimum atomic E-state index is -1.24. The molecule has 2 aromatic carbocycles. The van der Waals surface area contributed by atoms with Crippen LogP contribution in [0.4, 0.5) is 5.69 Å². The summed E-state index contributed by atoms with van der Waals surface area (Å²) in [6.45, 7) is 11.7. The van der Waals surface area contributed by atoms with Crippen molar-refractivity contribution in [2.45, 2.75) is 56.5 Å². The van der Waals surface area contributed by atoms with Crippen LogP contribution in [-0.4, -0.2) is 75.6 Å². The average molecular weight is 592 g/mol. The molecule has 9 heteroatoms. The fourth-order valence-electron chi connectivity index (χ4n) is 7.22. The Labute approximate surface area is 252 Å². The Morgan fingerprint density at radius 3 is 2.40 bits per heavy atom. The summed E-state index contributed by atoms with van der Waals surface area (Å²) in [5.41, 5.74) is -0.731. The van der Waals surface area contributed by atoms with E-state index in [0.717, 1.165) is 5.56 Å². The van der Waals surface area contributed by atoms with Gasteiger partial charge in [0, 0.05) is 19.6 Å². The van der Waals surface area contributed by atoms with Crippen LogP contribution in [0.3, 0.4) is 0 Å². The smallest absolute Gasteiger partial charge is 0.253 e. The summed E-state index contributed by atoms with van der Waals surface area (Å²) in [7, 11) is 0. The maximum absolute atomic E-state index is 14.6. The highest BCUT2D eigenvalue weighted by Gasteiger charge is 2.78. The fraction of sp³-hybridized carbons (Fsp3) is 0.424. The third kappa shape index (κ3) is 4.75. The van der Waals surface area contributed by atoms with Crippen LogP contribution in [0.25, 0.3) is 0 Å². The van der Waals surface area contributed by atoms with Crippen LogP contribution in [0.15, 0.2) is 79.9 Å². The average Bonchev–Trinajstić information content (AvgIpc) is 3.56. The number of nitrogens with zero attached hydrogens (tertiary/aromatic N) is 3. The zero-order valence-electron chi connectivity index (χ0n) is 24.1. The number of anilines is 1. The SMILES string of the molecule is C=CCN(Cc1ccccc1)C(=O)[C@H]1[C@H]2C(=O)N([C@H](C)CO)C(C(=O)N(CC=C)c3ccccc3Cl)C23CC[C@]1(C)O3. The van der Waals surface area contributed by atoms with Crippen LogP contribution in [-0.2, 0) is 25.7 Å². The fourth-order valence-corrected chi connectivity index (χ4v) is 7.46. The number of hydrogen-bond acceptors (Lipinski definition) is 5. The van der Waals surface area contributed by atoms with Crippen molar-refractivity contribution >= 4 is 35.0 Å². The van der Waals surface area contributed by atoms with Crippen molar-refractivity contribution in [1.82, 2.24) is 9.80 Å². The molecule has 0 saturated carbocycles. The predicted octanol–water partition coefficient (Wildman–Crippen LogP) is 4.22. The molecule has 0 aliphatic carbocycles. The molecule has 3 saturated heterocycles. The number of para-hydroxylation sites is 1. The van der Waals surface area contributed by atoms with Crippen molar-refractivity contribution in [3.05, 3.63) is 90.5 Å². The Hall–Kier alpha value is -3.46. The number of aliphatic hydroxyl groups is 1. The zero-order valence-corrected chi connectivity index (χ0v) is 24.9.